The predicted molar refractivity (Wildman–Crippen MR) is 24.9 cm³/mol. The van der Waals surface area contributed by atoms with E-state index in [4.69, 9.17) is 5.73 Å². The molecule has 3 N–H and O–H groups in total. The molecule has 1 heterocycles. The summed E-state index contributed by atoms with van der Waals surface area (Å²) in [4.78, 5) is 10.2. The molecule has 8 heavy (non-hydrogen) atoms. The van der Waals surface area contributed by atoms with Crippen molar-refractivity contribution < 1.29 is 4.79 Å². The first-order valence-corrected chi connectivity index (χ1v) is 1.97. The van der Waals surface area contributed by atoms with Gasteiger partial charge in [-0.05, 0) is 0 Å². The molecule has 5 nitrogen and oxygen atoms in total. The number of nitrogens with zero attached hydrogens (tertiary/aromatic N) is 2. The van der Waals surface area contributed by atoms with Gasteiger partial charge in [0.2, 0.25) is 0 Å². The summed E-state index contributed by atoms with van der Waals surface area (Å²) in [5.41, 5.74) is 4.95. The standard InChI is InChI=1S/C3H4N4O/c4-3(8)2-1-5-7-6-2/h1H,(H2,4,8)(H,5,6,7)/i3+1. The highest BCUT2D eigenvalue weighted by Crippen LogP contribution is 1.82. The molecule has 0 radical (unpaired) electrons. The van der Waals surface area contributed by atoms with Crippen LogP contribution >= 0.6 is 0 Å². The van der Waals surface area contributed by atoms with Crippen LogP contribution in [0.2, 0.25) is 0 Å². The second-order valence-electron chi connectivity index (χ2n) is 1.22. The molecule has 0 spiro atoms. The highest BCUT2D eigenvalue weighted by Gasteiger charge is 1.99. The minimum Gasteiger partial charge on any atom is -0.364 e. The van der Waals surface area contributed by atoms with Gasteiger partial charge in [-0.2, -0.15) is 0 Å². The summed E-state index contributed by atoms with van der Waals surface area (Å²) in [7, 11) is 0. The molecule has 0 aromatic carbocycles. The number of H-pyrrole nitrogens is 1. The largest absolute Gasteiger partial charge is 0.364 e. The second-order valence-corrected chi connectivity index (χ2v) is 1.22. The summed E-state index contributed by atoms with van der Waals surface area (Å²) in [5, 5.41) is 8.95. The van der Waals surface area contributed by atoms with Crippen LogP contribution in [0.1, 0.15) is 10.5 Å². The van der Waals surface area contributed by atoms with Gasteiger partial charge in [0.25, 0.3) is 5.91 Å². The van der Waals surface area contributed by atoms with Crippen molar-refractivity contribution in [1.82, 2.24) is 15.4 Å². The van der Waals surface area contributed by atoms with E-state index >= 15 is 0 Å². The zero-order chi connectivity index (χ0) is 5.98. The van der Waals surface area contributed by atoms with Crippen LogP contribution in [0.5, 0.6) is 0 Å². The molecule has 0 atom stereocenters. The van der Waals surface area contributed by atoms with E-state index in [9.17, 15) is 4.79 Å². The third-order valence-corrected chi connectivity index (χ3v) is 0.669. The van der Waals surface area contributed by atoms with Crippen LogP contribution in [0.15, 0.2) is 6.20 Å². The Hall–Kier alpha value is -1.39. The third kappa shape index (κ3) is 0.651. The molecule has 5 heteroatoms. The maximum atomic E-state index is 10.2. The first-order chi connectivity index (χ1) is 3.80. The SMILES string of the molecule is N[13C](=O)c1c[nH]nn1. The Balaban J connectivity index is 2.93. The molecular weight excluding hydrogens is 109 g/mol. The molecule has 1 amide bonds. The number of nitrogens with two attached hydrogens (primary N) is 1. The number of rotatable bonds is 1. The van der Waals surface area contributed by atoms with Gasteiger partial charge < -0.3 is 5.73 Å². The van der Waals surface area contributed by atoms with E-state index < -0.39 is 5.91 Å². The van der Waals surface area contributed by atoms with Crippen molar-refractivity contribution in [3.63, 3.8) is 0 Å². The number of primary amides is 1. The molecular formula is C3H4N4O. The van der Waals surface area contributed by atoms with E-state index in [-0.39, 0.29) is 5.69 Å². The van der Waals surface area contributed by atoms with Crippen LogP contribution in [-0.4, -0.2) is 21.3 Å². The molecule has 42 valence electrons. The summed E-state index contributed by atoms with van der Waals surface area (Å²) in [6.45, 7) is 0. The fourth-order valence-electron chi connectivity index (χ4n) is 0.322. The number of carbonyl (C=O) groups excluding carboxylic acids is 1. The van der Waals surface area contributed by atoms with E-state index in [2.05, 4.69) is 15.4 Å². The zero-order valence-electron chi connectivity index (χ0n) is 3.96. The van der Waals surface area contributed by atoms with Crippen LogP contribution in [0.4, 0.5) is 0 Å². The van der Waals surface area contributed by atoms with Crippen molar-refractivity contribution in [2.45, 2.75) is 0 Å². The number of nitrogens with one attached hydrogen (secondary N) is 1. The Morgan fingerprint density at radius 1 is 1.88 bits per heavy atom. The average Bonchev–Trinajstić information content (AvgIpc) is 2.12. The fourth-order valence-corrected chi connectivity index (χ4v) is 0.322. The minimum atomic E-state index is -0.571. The van der Waals surface area contributed by atoms with Crippen LogP contribution in [0.3, 0.4) is 0 Å². The molecule has 0 bridgehead atoms. The van der Waals surface area contributed by atoms with E-state index in [1.54, 1.807) is 0 Å². The highest BCUT2D eigenvalue weighted by atomic mass is 16.2. The molecule has 0 saturated carbocycles. The minimum absolute atomic E-state index is 0.157. The molecule has 0 aliphatic rings. The van der Waals surface area contributed by atoms with Crippen LogP contribution in [0.25, 0.3) is 0 Å². The molecule has 1 aromatic heterocycles. The third-order valence-electron chi connectivity index (χ3n) is 0.669. The van der Waals surface area contributed by atoms with Crippen LogP contribution < -0.4 is 5.73 Å². The summed E-state index contributed by atoms with van der Waals surface area (Å²) < 4.78 is 0. The lowest BCUT2D eigenvalue weighted by Gasteiger charge is -1.76. The monoisotopic (exact) mass is 113 g/mol. The molecule has 0 fully saturated rings. The van der Waals surface area contributed by atoms with Gasteiger partial charge in [0.1, 0.15) is 0 Å². The van der Waals surface area contributed by atoms with Crippen molar-refractivity contribution >= 4 is 5.91 Å². The van der Waals surface area contributed by atoms with E-state index in [1.165, 1.54) is 6.20 Å². The summed E-state index contributed by atoms with van der Waals surface area (Å²) in [5.74, 6) is -0.571. The van der Waals surface area contributed by atoms with Gasteiger partial charge in [-0.1, -0.05) is 5.21 Å². The quantitative estimate of drug-likeness (QED) is 0.453. The highest BCUT2D eigenvalue weighted by molar-refractivity contribution is 5.90. The summed E-state index contributed by atoms with van der Waals surface area (Å²) >= 11 is 0. The topological polar surface area (TPSA) is 84.7 Å². The number of amides is 1. The fraction of sp³-hybridized carbons (Fsp3) is 0. The lowest BCUT2D eigenvalue weighted by molar-refractivity contribution is 0.0995. The maximum Gasteiger partial charge on any atom is 0.270 e. The molecule has 1 rings (SSSR count). The maximum absolute atomic E-state index is 10.2. The first-order valence-electron chi connectivity index (χ1n) is 1.97. The number of carbonyl (C=O) groups is 1. The van der Waals surface area contributed by atoms with E-state index in [0.29, 0.717) is 0 Å². The molecule has 1 aromatic rings. The van der Waals surface area contributed by atoms with Crippen molar-refractivity contribution in [1.29, 1.82) is 0 Å². The zero-order valence-corrected chi connectivity index (χ0v) is 3.96. The smallest absolute Gasteiger partial charge is 0.270 e. The van der Waals surface area contributed by atoms with Gasteiger partial charge in [0.15, 0.2) is 5.69 Å². The van der Waals surface area contributed by atoms with Gasteiger partial charge in [-0.15, -0.1) is 5.10 Å². The normalized spacial score (nSPS) is 9.00. The molecule has 0 unspecified atom stereocenters. The number of hydrogen-bond acceptors (Lipinski definition) is 3. The number of aromatic nitrogens is 3. The molecule has 0 saturated heterocycles. The Bertz CT molecular complexity index is 179. The average molecular weight is 113 g/mol. The van der Waals surface area contributed by atoms with Crippen molar-refractivity contribution in [2.75, 3.05) is 0 Å². The summed E-state index contributed by atoms with van der Waals surface area (Å²) in [6, 6.07) is 0. The molecule has 0 aliphatic carbocycles. The number of aromatic amines is 1. The van der Waals surface area contributed by atoms with Gasteiger partial charge >= 0.3 is 0 Å². The Morgan fingerprint density at radius 2 is 2.62 bits per heavy atom. The Kier molecular flexibility index (Phi) is 0.957. The second kappa shape index (κ2) is 1.61. The predicted octanol–water partition coefficient (Wildman–Crippen LogP) is -1.10. The first kappa shape index (κ1) is 4.76. The van der Waals surface area contributed by atoms with Gasteiger partial charge in [-0.3, -0.25) is 9.89 Å². The van der Waals surface area contributed by atoms with Crippen LogP contribution in [-0.2, 0) is 0 Å². The lowest BCUT2D eigenvalue weighted by atomic mass is 10.7. The van der Waals surface area contributed by atoms with Crippen molar-refractivity contribution in [3.8, 4) is 0 Å². The van der Waals surface area contributed by atoms with E-state index in [1.807, 2.05) is 0 Å². The number of hydrogen-bond donors (Lipinski definition) is 2. The van der Waals surface area contributed by atoms with Gasteiger partial charge in [0.05, 0.1) is 6.20 Å². The van der Waals surface area contributed by atoms with Crippen molar-refractivity contribution in [3.05, 3.63) is 11.9 Å². The Labute approximate surface area is 44.9 Å². The van der Waals surface area contributed by atoms with Gasteiger partial charge in [-0.25, -0.2) is 0 Å². The van der Waals surface area contributed by atoms with E-state index in [0.717, 1.165) is 0 Å². The molecule has 0 aliphatic heterocycles. The van der Waals surface area contributed by atoms with Crippen molar-refractivity contribution in [2.24, 2.45) is 5.73 Å². The van der Waals surface area contributed by atoms with Gasteiger partial charge in [0, 0.05) is 0 Å². The lowest BCUT2D eigenvalue weighted by Crippen LogP contribution is -2.10. The Morgan fingerprint density at radius 3 is 2.88 bits per heavy atom. The summed E-state index contributed by atoms with van der Waals surface area (Å²) in [6.07, 6.45) is 1.34. The van der Waals surface area contributed by atoms with Crippen LogP contribution in [0, 0.1) is 0 Å².